The van der Waals surface area contributed by atoms with Crippen LogP contribution in [0.25, 0.3) is 0 Å². The summed E-state index contributed by atoms with van der Waals surface area (Å²) >= 11 is 1.28. The molecule has 4 rings (SSSR count). The fourth-order valence-corrected chi connectivity index (χ4v) is 3.97. The van der Waals surface area contributed by atoms with Crippen molar-refractivity contribution in [3.05, 3.63) is 71.1 Å². The molecule has 0 radical (unpaired) electrons. The lowest BCUT2D eigenvalue weighted by Crippen LogP contribution is -2.37. The molecule has 2 heterocycles. The van der Waals surface area contributed by atoms with E-state index in [-0.39, 0.29) is 17.6 Å². The molecule has 1 aliphatic rings. The minimum absolute atomic E-state index is 0.0615. The number of anilines is 1. The van der Waals surface area contributed by atoms with E-state index in [2.05, 4.69) is 10.3 Å². The number of likely N-dealkylation sites (tertiary alicyclic amines) is 1. The van der Waals surface area contributed by atoms with Crippen molar-refractivity contribution in [1.29, 1.82) is 5.41 Å². The van der Waals surface area contributed by atoms with Gasteiger partial charge in [0.2, 0.25) is 5.06 Å². The molecular weight excluding hydrogens is 391 g/mol. The highest BCUT2D eigenvalue weighted by Crippen LogP contribution is 2.34. The molecule has 0 aliphatic carbocycles. The number of thiazole rings is 1. The lowest BCUT2D eigenvalue weighted by Gasteiger charge is -2.25. The van der Waals surface area contributed by atoms with Crippen LogP contribution in [0.1, 0.15) is 30.1 Å². The zero-order chi connectivity index (χ0) is 20.4. The van der Waals surface area contributed by atoms with E-state index in [1.54, 1.807) is 18.5 Å². The number of amides is 2. The molecule has 2 N–H and O–H groups in total. The predicted molar refractivity (Wildman–Crippen MR) is 110 cm³/mol. The Morgan fingerprint density at radius 1 is 1.31 bits per heavy atom. The summed E-state index contributed by atoms with van der Waals surface area (Å²) in [6.45, 7) is 1.78. The minimum atomic E-state index is -0.591. The van der Waals surface area contributed by atoms with Crippen LogP contribution in [-0.2, 0) is 0 Å². The van der Waals surface area contributed by atoms with Crippen LogP contribution in [0.4, 0.5) is 14.9 Å². The highest BCUT2D eigenvalue weighted by Gasteiger charge is 2.34. The molecule has 1 unspecified atom stereocenters. The van der Waals surface area contributed by atoms with E-state index in [0.29, 0.717) is 29.3 Å². The van der Waals surface area contributed by atoms with Crippen LogP contribution >= 0.6 is 11.3 Å². The SMILES string of the molecule is Cc1ncsc1Oc1ccc(NC(=O)N2C(=N)CCC2c2ccccc2)cc1F. The molecule has 3 aromatic rings. The number of carbonyl (C=O) groups is 1. The van der Waals surface area contributed by atoms with Crippen LogP contribution in [0, 0.1) is 18.2 Å². The van der Waals surface area contributed by atoms with Crippen molar-refractivity contribution in [2.75, 3.05) is 5.32 Å². The van der Waals surface area contributed by atoms with Crippen molar-refractivity contribution in [3.63, 3.8) is 0 Å². The molecule has 1 atom stereocenters. The van der Waals surface area contributed by atoms with Gasteiger partial charge in [-0.3, -0.25) is 10.3 Å². The normalized spacial score (nSPS) is 16.1. The molecule has 1 aromatic heterocycles. The highest BCUT2D eigenvalue weighted by atomic mass is 32.1. The summed E-state index contributed by atoms with van der Waals surface area (Å²) < 4.78 is 20.0. The van der Waals surface area contributed by atoms with Crippen LogP contribution in [-0.4, -0.2) is 21.8 Å². The maximum Gasteiger partial charge on any atom is 0.327 e. The molecule has 6 nitrogen and oxygen atoms in total. The zero-order valence-electron chi connectivity index (χ0n) is 15.7. The fourth-order valence-electron chi connectivity index (χ4n) is 3.30. The number of urea groups is 1. The number of aryl methyl sites for hydroxylation is 1. The molecule has 0 bridgehead atoms. The molecule has 1 saturated heterocycles. The lowest BCUT2D eigenvalue weighted by atomic mass is 10.1. The summed E-state index contributed by atoms with van der Waals surface area (Å²) in [6.07, 6.45) is 1.20. The van der Waals surface area contributed by atoms with Gasteiger partial charge in [0.1, 0.15) is 5.84 Å². The third-order valence-corrected chi connectivity index (χ3v) is 5.55. The molecule has 1 aliphatic heterocycles. The number of ether oxygens (including phenoxy) is 1. The highest BCUT2D eigenvalue weighted by molar-refractivity contribution is 7.11. The van der Waals surface area contributed by atoms with Crippen molar-refractivity contribution < 1.29 is 13.9 Å². The summed E-state index contributed by atoms with van der Waals surface area (Å²) in [5, 5.41) is 11.4. The molecule has 2 aromatic carbocycles. The number of hydrogen-bond acceptors (Lipinski definition) is 5. The van der Waals surface area contributed by atoms with E-state index in [1.165, 1.54) is 28.4 Å². The standard InChI is InChI=1S/C21H19FN4O2S/c1-13-20(29-12-24-13)28-18-9-7-15(11-16(18)22)25-21(27)26-17(8-10-19(26)23)14-5-3-2-4-6-14/h2-7,9,11-12,17,23H,8,10H2,1H3,(H,25,27). The van der Waals surface area contributed by atoms with Gasteiger partial charge in [-0.25, -0.2) is 14.2 Å². The topological polar surface area (TPSA) is 78.3 Å². The number of hydrogen-bond donors (Lipinski definition) is 2. The van der Waals surface area contributed by atoms with Crippen LogP contribution in [0.15, 0.2) is 54.0 Å². The third kappa shape index (κ3) is 3.97. The summed E-state index contributed by atoms with van der Waals surface area (Å²) in [5.74, 6) is -0.282. The second-order valence-corrected chi connectivity index (χ2v) is 7.50. The van der Waals surface area contributed by atoms with Gasteiger partial charge in [-0.15, -0.1) is 0 Å². The summed E-state index contributed by atoms with van der Waals surface area (Å²) in [6, 6.07) is 13.2. The van der Waals surface area contributed by atoms with Crippen LogP contribution in [0.5, 0.6) is 10.8 Å². The monoisotopic (exact) mass is 410 g/mol. The molecule has 29 heavy (non-hydrogen) atoms. The summed E-state index contributed by atoms with van der Waals surface area (Å²) in [5.41, 5.74) is 3.59. The van der Waals surface area contributed by atoms with Crippen molar-refractivity contribution in [2.45, 2.75) is 25.8 Å². The zero-order valence-corrected chi connectivity index (χ0v) is 16.5. The molecule has 8 heteroatoms. The van der Waals surface area contributed by atoms with E-state index >= 15 is 0 Å². The second kappa shape index (κ2) is 8.00. The van der Waals surface area contributed by atoms with E-state index in [4.69, 9.17) is 10.1 Å². The lowest BCUT2D eigenvalue weighted by molar-refractivity contribution is 0.225. The van der Waals surface area contributed by atoms with E-state index in [9.17, 15) is 9.18 Å². The van der Waals surface area contributed by atoms with Crippen LogP contribution in [0.3, 0.4) is 0 Å². The van der Waals surface area contributed by atoms with Crippen molar-refractivity contribution in [3.8, 4) is 10.8 Å². The first-order valence-electron chi connectivity index (χ1n) is 9.13. The summed E-state index contributed by atoms with van der Waals surface area (Å²) in [4.78, 5) is 18.3. The smallest absolute Gasteiger partial charge is 0.327 e. The maximum atomic E-state index is 14.5. The molecular formula is C21H19FN4O2S. The van der Waals surface area contributed by atoms with Crippen molar-refractivity contribution in [1.82, 2.24) is 9.88 Å². The Balaban J connectivity index is 1.49. The number of halogens is 1. The van der Waals surface area contributed by atoms with Crippen molar-refractivity contribution >= 4 is 28.9 Å². The Bertz CT molecular complexity index is 1050. The first-order chi connectivity index (χ1) is 14.0. The Morgan fingerprint density at radius 3 is 2.79 bits per heavy atom. The predicted octanol–water partition coefficient (Wildman–Crippen LogP) is 5.73. The first-order valence-corrected chi connectivity index (χ1v) is 10.0. The van der Waals surface area contributed by atoms with Gasteiger partial charge in [0.25, 0.3) is 0 Å². The molecule has 1 fully saturated rings. The number of benzene rings is 2. The van der Waals surface area contributed by atoms with Gasteiger partial charge in [-0.2, -0.15) is 0 Å². The van der Waals surface area contributed by atoms with Gasteiger partial charge in [0, 0.05) is 18.2 Å². The van der Waals surface area contributed by atoms with E-state index in [1.807, 2.05) is 30.3 Å². The third-order valence-electron chi connectivity index (χ3n) is 4.75. The molecule has 148 valence electrons. The molecule has 2 amide bonds. The number of aromatic nitrogens is 1. The number of rotatable bonds is 4. The largest absolute Gasteiger partial charge is 0.442 e. The number of nitrogens with one attached hydrogen (secondary N) is 2. The molecule has 0 spiro atoms. The number of carbonyl (C=O) groups excluding carboxylic acids is 1. The number of amidine groups is 1. The number of nitrogens with zero attached hydrogens (tertiary/aromatic N) is 2. The van der Waals surface area contributed by atoms with Crippen LogP contribution < -0.4 is 10.1 Å². The van der Waals surface area contributed by atoms with Gasteiger partial charge in [0.15, 0.2) is 11.6 Å². The van der Waals surface area contributed by atoms with E-state index < -0.39 is 11.8 Å². The average Bonchev–Trinajstić information content (AvgIpc) is 3.30. The fraction of sp³-hybridized carbons (Fsp3) is 0.190. The Kier molecular flexibility index (Phi) is 5.26. The van der Waals surface area contributed by atoms with Crippen molar-refractivity contribution in [2.24, 2.45) is 0 Å². The maximum absolute atomic E-state index is 14.5. The van der Waals surface area contributed by atoms with Gasteiger partial charge >= 0.3 is 6.03 Å². The van der Waals surface area contributed by atoms with Gasteiger partial charge in [0.05, 0.1) is 17.2 Å². The van der Waals surface area contributed by atoms with Gasteiger partial charge in [-0.1, -0.05) is 41.7 Å². The first kappa shape index (κ1) is 19.1. The quantitative estimate of drug-likeness (QED) is 0.577. The Labute approximate surface area is 171 Å². The van der Waals surface area contributed by atoms with E-state index in [0.717, 1.165) is 5.56 Å². The average molecular weight is 410 g/mol. The second-order valence-electron chi connectivity index (χ2n) is 6.68. The molecule has 0 saturated carbocycles. The minimum Gasteiger partial charge on any atom is -0.442 e. The Hall–Kier alpha value is -3.26. The van der Waals surface area contributed by atoms with Gasteiger partial charge < -0.3 is 10.1 Å². The van der Waals surface area contributed by atoms with Gasteiger partial charge in [-0.05, 0) is 31.0 Å². The van der Waals surface area contributed by atoms with Crippen LogP contribution in [0.2, 0.25) is 0 Å². The Morgan fingerprint density at radius 2 is 2.10 bits per heavy atom. The summed E-state index contributed by atoms with van der Waals surface area (Å²) in [7, 11) is 0.